The summed E-state index contributed by atoms with van der Waals surface area (Å²) in [5.74, 6) is 3.28. The van der Waals surface area contributed by atoms with Gasteiger partial charge in [0, 0.05) is 19.6 Å². The first-order valence-electron chi connectivity index (χ1n) is 13.0. The van der Waals surface area contributed by atoms with Crippen LogP contribution in [0.5, 0.6) is 0 Å². The monoisotopic (exact) mass is 472 g/mol. The molecule has 5 fully saturated rings. The molecule has 0 spiro atoms. The maximum absolute atomic E-state index is 13.3. The fourth-order valence-corrected chi connectivity index (χ4v) is 8.50. The number of fused-ring (bicyclic) bond motifs is 5. The number of hydrogen-bond acceptors (Lipinski definition) is 4. The second-order valence-corrected chi connectivity index (χ2v) is 11.9. The van der Waals surface area contributed by atoms with Gasteiger partial charge in [0.2, 0.25) is 0 Å². The molecule has 1 amide bonds. The van der Waals surface area contributed by atoms with Crippen molar-refractivity contribution >= 4 is 6.09 Å². The Balaban J connectivity index is 1.17. The fraction of sp³-hybridized carbons (Fsp3) is 0.960. The van der Waals surface area contributed by atoms with Crippen molar-refractivity contribution in [2.75, 3.05) is 26.7 Å². The Morgan fingerprint density at radius 2 is 1.76 bits per heavy atom. The van der Waals surface area contributed by atoms with Gasteiger partial charge in [0.1, 0.15) is 12.1 Å². The molecule has 1 heterocycles. The maximum Gasteiger partial charge on any atom is 0.410 e. The molecule has 8 heteroatoms. The SMILES string of the molecule is CN1CCN(C(=O)OC2CCC3C(CCC4C3CCC3(C)C(O)CCC43)C2)CC1C(F)(F)F. The third kappa shape index (κ3) is 4.17. The quantitative estimate of drug-likeness (QED) is 0.602. The van der Waals surface area contributed by atoms with E-state index in [-0.39, 0.29) is 37.3 Å². The average Bonchev–Trinajstić information content (AvgIpc) is 3.07. The molecular weight excluding hydrogens is 433 g/mol. The number of hydrogen-bond donors (Lipinski definition) is 1. The first-order chi connectivity index (χ1) is 15.6. The summed E-state index contributed by atoms with van der Waals surface area (Å²) in [5, 5.41) is 10.6. The predicted octanol–water partition coefficient (Wildman–Crippen LogP) is 4.68. The number of carbonyl (C=O) groups excluding carboxylic acids is 1. The lowest BCUT2D eigenvalue weighted by Crippen LogP contribution is -2.59. The van der Waals surface area contributed by atoms with Gasteiger partial charge >= 0.3 is 12.3 Å². The van der Waals surface area contributed by atoms with Gasteiger partial charge < -0.3 is 14.7 Å². The van der Waals surface area contributed by atoms with Crippen molar-refractivity contribution in [1.82, 2.24) is 9.80 Å². The van der Waals surface area contributed by atoms with Gasteiger partial charge in [-0.15, -0.1) is 0 Å². The topological polar surface area (TPSA) is 53.0 Å². The zero-order valence-electron chi connectivity index (χ0n) is 19.9. The number of amides is 1. The lowest BCUT2D eigenvalue weighted by molar-refractivity contribution is -0.191. The Labute approximate surface area is 195 Å². The van der Waals surface area contributed by atoms with Crippen LogP contribution in [0.25, 0.3) is 0 Å². The maximum atomic E-state index is 13.3. The van der Waals surface area contributed by atoms with E-state index in [2.05, 4.69) is 6.92 Å². The Bertz CT molecular complexity index is 749. The molecular formula is C25H39F3N2O3. The minimum atomic E-state index is -4.35. The molecule has 1 N–H and O–H groups in total. The molecule has 0 aromatic carbocycles. The number of piperazine rings is 1. The van der Waals surface area contributed by atoms with E-state index < -0.39 is 18.3 Å². The molecule has 9 unspecified atom stereocenters. The first-order valence-corrected chi connectivity index (χ1v) is 13.0. The van der Waals surface area contributed by atoms with Crippen molar-refractivity contribution in [3.63, 3.8) is 0 Å². The molecule has 0 aromatic rings. The van der Waals surface area contributed by atoms with Crippen molar-refractivity contribution in [2.45, 2.75) is 89.1 Å². The summed E-state index contributed by atoms with van der Waals surface area (Å²) >= 11 is 0. The van der Waals surface area contributed by atoms with E-state index in [4.69, 9.17) is 4.74 Å². The third-order valence-corrected chi connectivity index (χ3v) is 10.4. The zero-order valence-corrected chi connectivity index (χ0v) is 19.9. The molecule has 5 nitrogen and oxygen atoms in total. The van der Waals surface area contributed by atoms with Gasteiger partial charge in [-0.1, -0.05) is 6.92 Å². The summed E-state index contributed by atoms with van der Waals surface area (Å²) in [5.41, 5.74) is 0.0948. The Morgan fingerprint density at radius 1 is 1.00 bits per heavy atom. The van der Waals surface area contributed by atoms with E-state index in [9.17, 15) is 23.1 Å². The number of carbonyl (C=O) groups is 1. The number of aliphatic hydroxyl groups is 1. The van der Waals surface area contributed by atoms with E-state index in [1.807, 2.05) is 0 Å². The summed E-state index contributed by atoms with van der Waals surface area (Å²) in [4.78, 5) is 15.2. The highest BCUT2D eigenvalue weighted by Gasteiger charge is 2.57. The summed E-state index contributed by atoms with van der Waals surface area (Å²) in [6.45, 7) is 2.42. The zero-order chi connectivity index (χ0) is 23.5. The molecule has 4 saturated carbocycles. The van der Waals surface area contributed by atoms with E-state index in [1.165, 1.54) is 29.7 Å². The second-order valence-electron chi connectivity index (χ2n) is 11.9. The molecule has 4 aliphatic carbocycles. The standard InChI is InChI=1S/C25H39F3N2O3/c1-24-10-9-18-17-6-4-16(13-15(17)3-5-19(18)20(24)7-8-22(24)31)33-23(32)30-12-11-29(2)21(14-30)25(26,27)28/h15-22,31H,3-14H2,1-2H3. The van der Waals surface area contributed by atoms with Crippen LogP contribution in [0.2, 0.25) is 0 Å². The number of ether oxygens (including phenoxy) is 1. The summed E-state index contributed by atoms with van der Waals surface area (Å²) in [7, 11) is 1.46. The number of halogens is 3. The van der Waals surface area contributed by atoms with Gasteiger partial charge in [0.15, 0.2) is 0 Å². The predicted molar refractivity (Wildman–Crippen MR) is 117 cm³/mol. The van der Waals surface area contributed by atoms with Crippen LogP contribution in [0.15, 0.2) is 0 Å². The number of likely N-dealkylation sites (N-methyl/N-ethyl adjacent to an activating group) is 1. The molecule has 9 atom stereocenters. The third-order valence-electron chi connectivity index (χ3n) is 10.4. The van der Waals surface area contributed by atoms with Crippen LogP contribution in [0.3, 0.4) is 0 Å². The van der Waals surface area contributed by atoms with Crippen LogP contribution in [0.1, 0.15) is 64.7 Å². The lowest BCUT2D eigenvalue weighted by Gasteiger charge is -2.55. The Morgan fingerprint density at radius 3 is 2.52 bits per heavy atom. The number of rotatable bonds is 1. The Kier molecular flexibility index (Phi) is 6.16. The summed E-state index contributed by atoms with van der Waals surface area (Å²) in [6, 6.07) is -1.63. The number of nitrogens with zero attached hydrogens (tertiary/aromatic N) is 2. The molecule has 5 aliphatic rings. The van der Waals surface area contributed by atoms with Gasteiger partial charge in [0.05, 0.1) is 6.10 Å². The minimum absolute atomic E-state index is 0.0948. The number of alkyl halides is 3. The number of aliphatic hydroxyl groups excluding tert-OH is 1. The van der Waals surface area contributed by atoms with Crippen LogP contribution < -0.4 is 0 Å². The molecule has 1 saturated heterocycles. The lowest BCUT2D eigenvalue weighted by atomic mass is 9.50. The van der Waals surface area contributed by atoms with Gasteiger partial charge in [0.25, 0.3) is 0 Å². The van der Waals surface area contributed by atoms with Crippen molar-refractivity contribution in [3.05, 3.63) is 0 Å². The first kappa shape index (κ1) is 23.7. The second kappa shape index (κ2) is 8.58. The molecule has 33 heavy (non-hydrogen) atoms. The fourth-order valence-electron chi connectivity index (χ4n) is 8.50. The van der Waals surface area contributed by atoms with Crippen molar-refractivity contribution < 1.29 is 27.8 Å². The largest absolute Gasteiger partial charge is 0.446 e. The minimum Gasteiger partial charge on any atom is -0.446 e. The molecule has 5 rings (SSSR count). The van der Waals surface area contributed by atoms with Crippen molar-refractivity contribution in [2.24, 2.45) is 35.0 Å². The highest BCUT2D eigenvalue weighted by atomic mass is 19.4. The smallest absolute Gasteiger partial charge is 0.410 e. The Hall–Kier alpha value is -1.02. The van der Waals surface area contributed by atoms with Gasteiger partial charge in [-0.25, -0.2) is 4.79 Å². The van der Waals surface area contributed by atoms with Crippen LogP contribution in [-0.4, -0.2) is 72.1 Å². The summed E-state index contributed by atoms with van der Waals surface area (Å²) < 4.78 is 45.7. The van der Waals surface area contributed by atoms with E-state index in [1.54, 1.807) is 0 Å². The van der Waals surface area contributed by atoms with E-state index >= 15 is 0 Å². The van der Waals surface area contributed by atoms with Gasteiger partial charge in [-0.3, -0.25) is 4.90 Å². The summed E-state index contributed by atoms with van der Waals surface area (Å²) in [6.07, 6.45) is 4.20. The average molecular weight is 473 g/mol. The van der Waals surface area contributed by atoms with Gasteiger partial charge in [-0.05, 0) is 99.8 Å². The van der Waals surface area contributed by atoms with Crippen LogP contribution >= 0.6 is 0 Å². The molecule has 0 bridgehead atoms. The van der Waals surface area contributed by atoms with E-state index in [0.717, 1.165) is 44.9 Å². The highest BCUT2D eigenvalue weighted by Crippen LogP contribution is 2.62. The highest BCUT2D eigenvalue weighted by molar-refractivity contribution is 5.68. The molecule has 1 aliphatic heterocycles. The van der Waals surface area contributed by atoms with Crippen molar-refractivity contribution in [1.29, 1.82) is 0 Å². The molecule has 188 valence electrons. The molecule has 0 aromatic heterocycles. The van der Waals surface area contributed by atoms with Crippen molar-refractivity contribution in [3.8, 4) is 0 Å². The van der Waals surface area contributed by atoms with Crippen LogP contribution in [-0.2, 0) is 4.74 Å². The van der Waals surface area contributed by atoms with Gasteiger partial charge in [-0.2, -0.15) is 13.2 Å². The van der Waals surface area contributed by atoms with Crippen LogP contribution in [0, 0.1) is 35.0 Å². The van der Waals surface area contributed by atoms with Crippen LogP contribution in [0.4, 0.5) is 18.0 Å². The van der Waals surface area contributed by atoms with E-state index in [0.29, 0.717) is 29.6 Å². The molecule has 0 radical (unpaired) electrons. The normalized spacial score (nSPS) is 46.3.